The molecule has 0 aromatic heterocycles. The van der Waals surface area contributed by atoms with Gasteiger partial charge < -0.3 is 9.47 Å². The molecule has 2 rings (SSSR count). The van der Waals surface area contributed by atoms with Gasteiger partial charge in [-0.2, -0.15) is 0 Å². The van der Waals surface area contributed by atoms with Gasteiger partial charge in [0.15, 0.2) is 0 Å². The van der Waals surface area contributed by atoms with Gasteiger partial charge in [-0.1, -0.05) is 12.2 Å². The van der Waals surface area contributed by atoms with Gasteiger partial charge in [0.25, 0.3) is 0 Å². The Kier molecular flexibility index (Phi) is 3.46. The van der Waals surface area contributed by atoms with Crippen LogP contribution in [-0.4, -0.2) is 11.9 Å². The number of carbonyl (C=O) groups is 2. The molecule has 1 aliphatic carbocycles. The van der Waals surface area contributed by atoms with E-state index in [-0.39, 0.29) is 11.9 Å². The van der Waals surface area contributed by atoms with Crippen LogP contribution in [0.3, 0.4) is 0 Å². The molecule has 1 aromatic carbocycles. The number of hydrogen-bond acceptors (Lipinski definition) is 4. The molecule has 0 amide bonds. The van der Waals surface area contributed by atoms with Crippen molar-refractivity contribution < 1.29 is 19.1 Å². The predicted molar refractivity (Wildman–Crippen MR) is 66.5 cm³/mol. The Morgan fingerprint density at radius 3 is 1.61 bits per heavy atom. The molecule has 0 bridgehead atoms. The molecule has 0 saturated heterocycles. The zero-order valence-electron chi connectivity index (χ0n) is 10.4. The molecule has 94 valence electrons. The number of rotatable bonds is 2. The van der Waals surface area contributed by atoms with E-state index in [2.05, 4.69) is 0 Å². The molecule has 0 heterocycles. The lowest BCUT2D eigenvalue weighted by molar-refractivity contribution is -0.133. The molecular weight excluding hydrogens is 232 g/mol. The number of esters is 2. The van der Waals surface area contributed by atoms with Crippen molar-refractivity contribution in [1.82, 2.24) is 0 Å². The number of benzene rings is 1. The van der Waals surface area contributed by atoms with Gasteiger partial charge in [-0.05, 0) is 25.0 Å². The van der Waals surface area contributed by atoms with Crippen molar-refractivity contribution in [3.8, 4) is 11.5 Å². The highest BCUT2D eigenvalue weighted by Gasteiger charge is 2.09. The van der Waals surface area contributed by atoms with E-state index in [4.69, 9.17) is 9.47 Å². The van der Waals surface area contributed by atoms with Crippen LogP contribution in [0.1, 0.15) is 26.7 Å². The molecule has 0 radical (unpaired) electrons. The Hall–Kier alpha value is -2.10. The standard InChI is InChI=1S/C14H14O4/c1-9(15)17-13-7-8-14(18-10(2)16)12-6-4-3-5-11(12)13/h5-8H,3-4H2,1-2H3. The summed E-state index contributed by atoms with van der Waals surface area (Å²) in [5, 5.41) is 1.63. The van der Waals surface area contributed by atoms with Gasteiger partial charge in [0, 0.05) is 24.3 Å². The maximum atomic E-state index is 11.0. The topological polar surface area (TPSA) is 52.6 Å². The Balaban J connectivity index is 2.57. The van der Waals surface area contributed by atoms with Crippen molar-refractivity contribution in [1.29, 1.82) is 0 Å². The maximum Gasteiger partial charge on any atom is 0.308 e. The minimum atomic E-state index is -0.364. The van der Waals surface area contributed by atoms with Crippen molar-refractivity contribution in [2.45, 2.75) is 26.7 Å². The zero-order valence-corrected chi connectivity index (χ0v) is 10.4. The van der Waals surface area contributed by atoms with Gasteiger partial charge in [-0.25, -0.2) is 0 Å². The van der Waals surface area contributed by atoms with Gasteiger partial charge in [-0.15, -0.1) is 0 Å². The molecule has 0 saturated carbocycles. The minimum absolute atomic E-state index is 0.364. The van der Waals surface area contributed by atoms with E-state index in [1.807, 2.05) is 12.2 Å². The first-order chi connectivity index (χ1) is 8.58. The molecule has 0 spiro atoms. The van der Waals surface area contributed by atoms with Gasteiger partial charge in [-0.3, -0.25) is 9.59 Å². The van der Waals surface area contributed by atoms with Crippen LogP contribution in [0.4, 0.5) is 0 Å². The Labute approximate surface area is 105 Å². The average molecular weight is 246 g/mol. The van der Waals surface area contributed by atoms with Crippen LogP contribution >= 0.6 is 0 Å². The summed E-state index contributed by atoms with van der Waals surface area (Å²) in [6.45, 7) is 2.72. The lowest BCUT2D eigenvalue weighted by atomic mass is 10.1. The normalized spacial score (nSPS) is 12.8. The second-order valence-corrected chi connectivity index (χ2v) is 4.06. The van der Waals surface area contributed by atoms with E-state index in [1.165, 1.54) is 13.8 Å². The molecule has 0 aliphatic heterocycles. The summed E-state index contributed by atoms with van der Waals surface area (Å²) >= 11 is 0. The highest BCUT2D eigenvalue weighted by Crippen LogP contribution is 2.12. The smallest absolute Gasteiger partial charge is 0.308 e. The highest BCUT2D eigenvalue weighted by atomic mass is 16.5. The summed E-state index contributed by atoms with van der Waals surface area (Å²) in [6, 6.07) is 3.29. The first-order valence-corrected chi connectivity index (χ1v) is 5.78. The van der Waals surface area contributed by atoms with E-state index in [9.17, 15) is 9.59 Å². The number of hydrogen-bond donors (Lipinski definition) is 0. The third kappa shape index (κ3) is 2.59. The van der Waals surface area contributed by atoms with Crippen LogP contribution in [-0.2, 0) is 9.59 Å². The van der Waals surface area contributed by atoms with Gasteiger partial charge >= 0.3 is 11.9 Å². The molecule has 18 heavy (non-hydrogen) atoms. The maximum absolute atomic E-state index is 11.0. The summed E-state index contributed by atoms with van der Waals surface area (Å²) in [5.74, 6) is 0.279. The first kappa shape index (κ1) is 12.4. The zero-order chi connectivity index (χ0) is 13.1. The van der Waals surface area contributed by atoms with E-state index in [1.54, 1.807) is 12.1 Å². The van der Waals surface area contributed by atoms with Crippen LogP contribution in [0, 0.1) is 0 Å². The lowest BCUT2D eigenvalue weighted by Gasteiger charge is -2.10. The molecule has 0 N–H and O–H groups in total. The largest absolute Gasteiger partial charge is 0.426 e. The third-order valence-electron chi connectivity index (χ3n) is 2.58. The van der Waals surface area contributed by atoms with Crippen molar-refractivity contribution in [2.24, 2.45) is 0 Å². The monoisotopic (exact) mass is 246 g/mol. The molecule has 4 nitrogen and oxygen atoms in total. The first-order valence-electron chi connectivity index (χ1n) is 5.78. The van der Waals surface area contributed by atoms with Crippen molar-refractivity contribution >= 4 is 24.1 Å². The van der Waals surface area contributed by atoms with Crippen LogP contribution in [0.5, 0.6) is 11.5 Å². The summed E-state index contributed by atoms with van der Waals surface area (Å²) in [6.07, 6.45) is 5.73. The molecule has 0 unspecified atom stereocenters. The van der Waals surface area contributed by atoms with Crippen LogP contribution in [0.15, 0.2) is 12.1 Å². The Bertz CT molecular complexity index is 558. The summed E-state index contributed by atoms with van der Waals surface area (Å²) in [4.78, 5) is 22.1. The van der Waals surface area contributed by atoms with Crippen LogP contribution in [0.25, 0.3) is 12.2 Å². The van der Waals surface area contributed by atoms with Gasteiger partial charge in [0.05, 0.1) is 0 Å². The number of ether oxygens (including phenoxy) is 2. The van der Waals surface area contributed by atoms with E-state index in [0.717, 1.165) is 23.3 Å². The fourth-order valence-corrected chi connectivity index (χ4v) is 1.96. The van der Waals surface area contributed by atoms with Gasteiger partial charge in [0.2, 0.25) is 0 Å². The number of carbonyl (C=O) groups excluding carboxylic acids is 2. The fourth-order valence-electron chi connectivity index (χ4n) is 1.96. The van der Waals surface area contributed by atoms with Crippen LogP contribution < -0.4 is 19.9 Å². The quantitative estimate of drug-likeness (QED) is 0.574. The molecule has 0 fully saturated rings. The fraction of sp³-hybridized carbons (Fsp3) is 0.286. The summed E-state index contributed by atoms with van der Waals surface area (Å²) in [5.41, 5.74) is 0. The SMILES string of the molecule is CC(=O)Oc1ccc(OC(C)=O)c2c1=CCCC=2. The van der Waals surface area contributed by atoms with Crippen molar-refractivity contribution in [3.63, 3.8) is 0 Å². The van der Waals surface area contributed by atoms with Crippen molar-refractivity contribution in [3.05, 3.63) is 22.6 Å². The van der Waals surface area contributed by atoms with E-state index < -0.39 is 0 Å². The van der Waals surface area contributed by atoms with Crippen molar-refractivity contribution in [2.75, 3.05) is 0 Å². The lowest BCUT2D eigenvalue weighted by Crippen LogP contribution is -2.31. The second-order valence-electron chi connectivity index (χ2n) is 4.06. The highest BCUT2D eigenvalue weighted by molar-refractivity contribution is 5.71. The Morgan fingerprint density at radius 2 is 1.28 bits per heavy atom. The average Bonchev–Trinajstić information content (AvgIpc) is 2.31. The molecular formula is C14H14O4. The van der Waals surface area contributed by atoms with Crippen LogP contribution in [0.2, 0.25) is 0 Å². The third-order valence-corrected chi connectivity index (χ3v) is 2.58. The van der Waals surface area contributed by atoms with E-state index in [0.29, 0.717) is 11.5 Å². The predicted octanol–water partition coefficient (Wildman–Crippen LogP) is 0.892. The summed E-state index contributed by atoms with van der Waals surface area (Å²) < 4.78 is 10.3. The molecule has 1 aromatic rings. The number of fused-ring (bicyclic) bond motifs is 1. The molecule has 4 heteroatoms. The van der Waals surface area contributed by atoms with E-state index >= 15 is 0 Å². The minimum Gasteiger partial charge on any atom is -0.426 e. The molecule has 0 atom stereocenters. The van der Waals surface area contributed by atoms with Gasteiger partial charge in [0.1, 0.15) is 11.5 Å². The molecule has 1 aliphatic rings. The summed E-state index contributed by atoms with van der Waals surface area (Å²) in [7, 11) is 0. The Morgan fingerprint density at radius 1 is 0.889 bits per heavy atom. The second kappa shape index (κ2) is 5.04.